The number of nitrogens with one attached hydrogen (secondary N) is 1. The predicted octanol–water partition coefficient (Wildman–Crippen LogP) is 3.00. The Hall–Kier alpha value is -1.13. The summed E-state index contributed by atoms with van der Waals surface area (Å²) in [5.74, 6) is 0.466. The second-order valence-electron chi connectivity index (χ2n) is 4.24. The smallest absolute Gasteiger partial charge is 0.394 e. The van der Waals surface area contributed by atoms with E-state index in [1.807, 2.05) is 26.1 Å². The lowest BCUT2D eigenvalue weighted by Gasteiger charge is -2.18. The fourth-order valence-electron chi connectivity index (χ4n) is 1.22. The van der Waals surface area contributed by atoms with Gasteiger partial charge in [-0.05, 0) is 24.2 Å². The molecule has 0 radical (unpaired) electrons. The Labute approximate surface area is 101 Å². The first-order chi connectivity index (χ1) is 7.76. The summed E-state index contributed by atoms with van der Waals surface area (Å²) >= 11 is 0. The highest BCUT2D eigenvalue weighted by Gasteiger charge is 2.28. The fourth-order valence-corrected chi connectivity index (χ4v) is 1.22. The summed E-state index contributed by atoms with van der Waals surface area (Å²) in [5, 5.41) is 2.89. The lowest BCUT2D eigenvalue weighted by molar-refractivity contribution is -0.138. The Morgan fingerprint density at radius 3 is 2.18 bits per heavy atom. The van der Waals surface area contributed by atoms with Crippen molar-refractivity contribution in [3.63, 3.8) is 0 Å². The van der Waals surface area contributed by atoms with Crippen LogP contribution in [0.2, 0.25) is 0 Å². The molecule has 0 aliphatic rings. The molecule has 0 amide bonds. The molecule has 2 unspecified atom stereocenters. The van der Waals surface area contributed by atoms with Crippen LogP contribution in [-0.2, 0) is 0 Å². The van der Waals surface area contributed by atoms with Gasteiger partial charge in [0.2, 0.25) is 0 Å². The molecule has 2 nitrogen and oxygen atoms in total. The first-order valence-corrected chi connectivity index (χ1v) is 5.55. The Morgan fingerprint density at radius 2 is 1.71 bits per heavy atom. The van der Waals surface area contributed by atoms with Crippen molar-refractivity contribution in [2.24, 2.45) is 11.8 Å². The maximum absolute atomic E-state index is 12.1. The third kappa shape index (κ3) is 8.65. The van der Waals surface area contributed by atoms with E-state index in [9.17, 15) is 13.2 Å². The first kappa shape index (κ1) is 15.9. The molecular formula is C12H21F3N2. The van der Waals surface area contributed by atoms with Gasteiger partial charge >= 0.3 is 6.18 Å². The van der Waals surface area contributed by atoms with Crippen LogP contribution in [0.4, 0.5) is 13.2 Å². The number of allylic oxidation sites excluding steroid dienone is 2. The van der Waals surface area contributed by atoms with Gasteiger partial charge in [0.25, 0.3) is 0 Å². The van der Waals surface area contributed by atoms with E-state index in [0.29, 0.717) is 0 Å². The normalized spacial score (nSPS) is 16.4. The van der Waals surface area contributed by atoms with E-state index in [-0.39, 0.29) is 11.8 Å². The molecule has 1 N–H and O–H groups in total. The van der Waals surface area contributed by atoms with Crippen molar-refractivity contribution in [1.29, 1.82) is 0 Å². The zero-order valence-electron chi connectivity index (χ0n) is 10.8. The number of alkyl halides is 3. The van der Waals surface area contributed by atoms with Crippen molar-refractivity contribution >= 4 is 0 Å². The standard InChI is InChI=1S/C12H21F3N2/c1-10(5-7-16-3)11(2)6-8-17(4)9-12(13,14)15/h5-8,10-11,16H,9H2,1-4H3/b7-5+,8-6+. The summed E-state index contributed by atoms with van der Waals surface area (Å²) in [4.78, 5) is 1.14. The van der Waals surface area contributed by atoms with Crippen molar-refractivity contribution < 1.29 is 13.2 Å². The maximum Gasteiger partial charge on any atom is 0.405 e. The lowest BCUT2D eigenvalue weighted by Crippen LogP contribution is -2.27. The Morgan fingerprint density at radius 1 is 1.18 bits per heavy atom. The topological polar surface area (TPSA) is 15.3 Å². The molecule has 0 heterocycles. The van der Waals surface area contributed by atoms with E-state index >= 15 is 0 Å². The minimum absolute atomic E-state index is 0.190. The van der Waals surface area contributed by atoms with Gasteiger partial charge in [0.05, 0.1) is 0 Å². The maximum atomic E-state index is 12.1. The fraction of sp³-hybridized carbons (Fsp3) is 0.667. The SMILES string of the molecule is CN/C=C/C(C)C(C)/C=C/N(C)CC(F)(F)F. The minimum atomic E-state index is -4.15. The van der Waals surface area contributed by atoms with E-state index in [4.69, 9.17) is 0 Å². The molecule has 0 spiro atoms. The highest BCUT2D eigenvalue weighted by atomic mass is 19.4. The molecule has 2 atom stereocenters. The van der Waals surface area contributed by atoms with Gasteiger partial charge in [-0.1, -0.05) is 26.0 Å². The molecule has 0 saturated heterocycles. The minimum Gasteiger partial charge on any atom is -0.394 e. The second kappa shape index (κ2) is 7.25. The van der Waals surface area contributed by atoms with Gasteiger partial charge in [-0.15, -0.1) is 0 Å². The molecular weight excluding hydrogens is 229 g/mol. The largest absolute Gasteiger partial charge is 0.405 e. The molecule has 100 valence electrons. The van der Waals surface area contributed by atoms with E-state index < -0.39 is 12.7 Å². The summed E-state index contributed by atoms with van der Waals surface area (Å²) in [7, 11) is 3.23. The molecule has 0 aliphatic heterocycles. The Kier molecular flexibility index (Phi) is 6.76. The van der Waals surface area contributed by atoms with Gasteiger partial charge in [-0.3, -0.25) is 0 Å². The first-order valence-electron chi connectivity index (χ1n) is 5.55. The van der Waals surface area contributed by atoms with E-state index in [1.165, 1.54) is 13.2 Å². The molecule has 0 bridgehead atoms. The van der Waals surface area contributed by atoms with Gasteiger partial charge < -0.3 is 10.2 Å². The average Bonchev–Trinajstić information content (AvgIpc) is 2.20. The molecule has 0 rings (SSSR count). The van der Waals surface area contributed by atoms with Gasteiger partial charge in [0, 0.05) is 14.1 Å². The van der Waals surface area contributed by atoms with Crippen molar-refractivity contribution in [2.75, 3.05) is 20.6 Å². The summed E-state index contributed by atoms with van der Waals surface area (Å²) in [5.41, 5.74) is 0. The van der Waals surface area contributed by atoms with Crippen molar-refractivity contribution in [2.45, 2.75) is 20.0 Å². The van der Waals surface area contributed by atoms with Crippen LogP contribution in [0.5, 0.6) is 0 Å². The van der Waals surface area contributed by atoms with E-state index in [1.54, 1.807) is 13.1 Å². The molecule has 0 aromatic rings. The van der Waals surface area contributed by atoms with Crippen LogP contribution in [0.1, 0.15) is 13.8 Å². The Bertz CT molecular complexity index is 259. The van der Waals surface area contributed by atoms with Gasteiger partial charge in [0.15, 0.2) is 0 Å². The van der Waals surface area contributed by atoms with Gasteiger partial charge in [0.1, 0.15) is 6.54 Å². The highest BCUT2D eigenvalue weighted by molar-refractivity contribution is 4.95. The second-order valence-corrected chi connectivity index (χ2v) is 4.24. The Balaban J connectivity index is 4.18. The molecule has 0 aromatic heterocycles. The number of hydrogen-bond acceptors (Lipinski definition) is 2. The number of nitrogens with zero attached hydrogens (tertiary/aromatic N) is 1. The lowest BCUT2D eigenvalue weighted by atomic mass is 9.96. The van der Waals surface area contributed by atoms with Gasteiger partial charge in [-0.25, -0.2) is 0 Å². The highest BCUT2D eigenvalue weighted by Crippen LogP contribution is 2.17. The zero-order chi connectivity index (χ0) is 13.5. The van der Waals surface area contributed by atoms with Crippen LogP contribution in [-0.4, -0.2) is 31.7 Å². The molecule has 0 aromatic carbocycles. The predicted molar refractivity (Wildman–Crippen MR) is 64.4 cm³/mol. The molecule has 0 saturated carbocycles. The molecule has 17 heavy (non-hydrogen) atoms. The van der Waals surface area contributed by atoms with Crippen LogP contribution in [0.15, 0.2) is 24.6 Å². The third-order valence-electron chi connectivity index (χ3n) is 2.47. The van der Waals surface area contributed by atoms with Crippen LogP contribution in [0.3, 0.4) is 0 Å². The van der Waals surface area contributed by atoms with Gasteiger partial charge in [-0.2, -0.15) is 13.2 Å². The third-order valence-corrected chi connectivity index (χ3v) is 2.47. The van der Waals surface area contributed by atoms with E-state index in [0.717, 1.165) is 4.90 Å². The van der Waals surface area contributed by atoms with E-state index in [2.05, 4.69) is 5.32 Å². The summed E-state index contributed by atoms with van der Waals surface area (Å²) < 4.78 is 36.2. The van der Waals surface area contributed by atoms with Crippen LogP contribution in [0, 0.1) is 11.8 Å². The average molecular weight is 250 g/mol. The monoisotopic (exact) mass is 250 g/mol. The molecule has 5 heteroatoms. The zero-order valence-corrected chi connectivity index (χ0v) is 10.8. The molecule has 0 aliphatic carbocycles. The quantitative estimate of drug-likeness (QED) is 0.779. The van der Waals surface area contributed by atoms with Crippen molar-refractivity contribution in [3.05, 3.63) is 24.6 Å². The summed E-state index contributed by atoms with van der Waals surface area (Å²) in [6.07, 6.45) is 2.94. The van der Waals surface area contributed by atoms with Crippen molar-refractivity contribution in [3.8, 4) is 0 Å². The number of hydrogen-bond donors (Lipinski definition) is 1. The summed E-state index contributed by atoms with van der Waals surface area (Å²) in [6, 6.07) is 0. The summed E-state index contributed by atoms with van der Waals surface area (Å²) in [6.45, 7) is 3.08. The molecule has 0 fully saturated rings. The van der Waals surface area contributed by atoms with Crippen LogP contribution < -0.4 is 5.32 Å². The number of halogens is 3. The number of rotatable bonds is 6. The van der Waals surface area contributed by atoms with Crippen molar-refractivity contribution in [1.82, 2.24) is 10.2 Å². The van der Waals surface area contributed by atoms with Crippen LogP contribution >= 0.6 is 0 Å². The van der Waals surface area contributed by atoms with Crippen LogP contribution in [0.25, 0.3) is 0 Å².